The number of ether oxygens (including phenoxy) is 1. The number of amides is 1. The van der Waals surface area contributed by atoms with Gasteiger partial charge in [-0.3, -0.25) is 9.69 Å². The molecular formula is C24H27F2N3O2. The first-order chi connectivity index (χ1) is 14.7. The van der Waals surface area contributed by atoms with E-state index in [4.69, 9.17) is 4.74 Å². The number of fused-ring (bicyclic) bond motifs is 1. The lowest BCUT2D eigenvalue weighted by molar-refractivity contribution is 0.0491. The molecule has 1 amide bonds. The Morgan fingerprint density at radius 2 is 1.74 bits per heavy atom. The number of halogens is 2. The Labute approximate surface area is 180 Å². The van der Waals surface area contributed by atoms with Gasteiger partial charge in [-0.1, -0.05) is 0 Å². The molecule has 1 saturated heterocycles. The standard InChI is InChI=1S/C24H27F2N3O2/c1-24(2,3)29-10-8-17(9-11-29)31-16-6-4-15(5-7-16)23(30)28-22-14-27-21-13-20(26)19(25)12-18(21)22/h4-7,12-14,17,27H,8-11H2,1-3H3,(H,28,30). The van der Waals surface area contributed by atoms with Crippen LogP contribution >= 0.6 is 0 Å². The van der Waals surface area contributed by atoms with Crippen LogP contribution in [0.4, 0.5) is 14.5 Å². The van der Waals surface area contributed by atoms with Crippen LogP contribution in [0.25, 0.3) is 10.9 Å². The van der Waals surface area contributed by atoms with Crippen molar-refractivity contribution < 1.29 is 18.3 Å². The Morgan fingerprint density at radius 1 is 1.10 bits per heavy atom. The first-order valence-electron chi connectivity index (χ1n) is 10.5. The number of rotatable bonds is 4. The van der Waals surface area contributed by atoms with Gasteiger partial charge in [0, 0.05) is 41.8 Å². The molecule has 3 aromatic rings. The molecule has 1 aliphatic heterocycles. The molecule has 0 spiro atoms. The molecule has 31 heavy (non-hydrogen) atoms. The topological polar surface area (TPSA) is 57.4 Å². The van der Waals surface area contributed by atoms with E-state index >= 15 is 0 Å². The fourth-order valence-electron chi connectivity index (χ4n) is 3.94. The number of likely N-dealkylation sites (tertiary alicyclic amines) is 1. The largest absolute Gasteiger partial charge is 0.490 e. The molecule has 0 unspecified atom stereocenters. The zero-order chi connectivity index (χ0) is 22.2. The first kappa shape index (κ1) is 21.3. The van der Waals surface area contributed by atoms with Crippen LogP contribution in [-0.2, 0) is 0 Å². The second kappa shape index (κ2) is 8.30. The van der Waals surface area contributed by atoms with E-state index in [1.807, 2.05) is 0 Å². The molecule has 0 saturated carbocycles. The van der Waals surface area contributed by atoms with Crippen LogP contribution in [0.2, 0.25) is 0 Å². The number of H-pyrrole nitrogens is 1. The summed E-state index contributed by atoms with van der Waals surface area (Å²) in [6.07, 6.45) is 3.62. The first-order valence-corrected chi connectivity index (χ1v) is 10.5. The lowest BCUT2D eigenvalue weighted by Gasteiger charge is -2.40. The maximum Gasteiger partial charge on any atom is 0.255 e. The van der Waals surface area contributed by atoms with Crippen LogP contribution in [0.1, 0.15) is 44.0 Å². The van der Waals surface area contributed by atoms with Crippen molar-refractivity contribution in [3.05, 3.63) is 59.8 Å². The third-order valence-corrected chi connectivity index (χ3v) is 5.78. The minimum Gasteiger partial charge on any atom is -0.490 e. The van der Waals surface area contributed by atoms with E-state index in [1.165, 1.54) is 6.20 Å². The summed E-state index contributed by atoms with van der Waals surface area (Å²) in [5.41, 5.74) is 1.43. The van der Waals surface area contributed by atoms with Crippen molar-refractivity contribution in [1.29, 1.82) is 0 Å². The van der Waals surface area contributed by atoms with Crippen LogP contribution in [0.3, 0.4) is 0 Å². The highest BCUT2D eigenvalue weighted by molar-refractivity contribution is 6.09. The molecule has 0 aliphatic carbocycles. The van der Waals surface area contributed by atoms with Crippen molar-refractivity contribution in [2.45, 2.75) is 45.3 Å². The summed E-state index contributed by atoms with van der Waals surface area (Å²) in [4.78, 5) is 17.9. The van der Waals surface area contributed by atoms with E-state index in [-0.39, 0.29) is 17.6 Å². The van der Waals surface area contributed by atoms with Gasteiger partial charge in [0.1, 0.15) is 11.9 Å². The third-order valence-electron chi connectivity index (χ3n) is 5.78. The quantitative estimate of drug-likeness (QED) is 0.591. The van der Waals surface area contributed by atoms with Crippen molar-refractivity contribution in [2.24, 2.45) is 0 Å². The molecule has 2 heterocycles. The number of carbonyl (C=O) groups excluding carboxylic acids is 1. The van der Waals surface area contributed by atoms with Gasteiger partial charge in [0.15, 0.2) is 11.6 Å². The summed E-state index contributed by atoms with van der Waals surface area (Å²) in [5.74, 6) is -1.50. The summed E-state index contributed by atoms with van der Waals surface area (Å²) in [6.45, 7) is 8.68. The number of nitrogens with zero attached hydrogens (tertiary/aromatic N) is 1. The van der Waals surface area contributed by atoms with E-state index in [9.17, 15) is 13.6 Å². The second-order valence-corrected chi connectivity index (χ2v) is 8.97. The van der Waals surface area contributed by atoms with Gasteiger partial charge in [0.25, 0.3) is 5.91 Å². The zero-order valence-electron chi connectivity index (χ0n) is 18.0. The smallest absolute Gasteiger partial charge is 0.255 e. The van der Waals surface area contributed by atoms with Crippen molar-refractivity contribution in [3.63, 3.8) is 0 Å². The van der Waals surface area contributed by atoms with E-state index < -0.39 is 11.6 Å². The van der Waals surface area contributed by atoms with Gasteiger partial charge in [-0.15, -0.1) is 0 Å². The minimum atomic E-state index is -0.961. The van der Waals surface area contributed by atoms with E-state index in [2.05, 4.69) is 36.0 Å². The molecule has 4 rings (SSSR count). The molecule has 164 valence electrons. The van der Waals surface area contributed by atoms with Crippen LogP contribution < -0.4 is 10.1 Å². The van der Waals surface area contributed by atoms with Crippen LogP contribution in [0.15, 0.2) is 42.6 Å². The van der Waals surface area contributed by atoms with Crippen LogP contribution in [0, 0.1) is 11.6 Å². The molecule has 0 radical (unpaired) electrons. The molecule has 2 aromatic carbocycles. The lowest BCUT2D eigenvalue weighted by Crippen LogP contribution is -2.48. The van der Waals surface area contributed by atoms with E-state index in [0.29, 0.717) is 22.2 Å². The Kier molecular flexibility index (Phi) is 5.71. The molecule has 1 aliphatic rings. The number of nitrogens with one attached hydrogen (secondary N) is 2. The Balaban J connectivity index is 1.37. The Bertz CT molecular complexity index is 1080. The highest BCUT2D eigenvalue weighted by atomic mass is 19.2. The normalized spacial score (nSPS) is 15.9. The maximum atomic E-state index is 13.6. The molecule has 0 atom stereocenters. The molecule has 7 heteroatoms. The number of hydrogen-bond acceptors (Lipinski definition) is 3. The number of aromatic nitrogens is 1. The van der Waals surface area contributed by atoms with Crippen molar-refractivity contribution in [1.82, 2.24) is 9.88 Å². The van der Waals surface area contributed by atoms with E-state index in [0.717, 1.165) is 43.8 Å². The van der Waals surface area contributed by atoms with Gasteiger partial charge in [-0.25, -0.2) is 8.78 Å². The Morgan fingerprint density at radius 3 is 2.39 bits per heavy atom. The lowest BCUT2D eigenvalue weighted by atomic mass is 9.99. The zero-order valence-corrected chi connectivity index (χ0v) is 18.0. The number of hydrogen-bond donors (Lipinski definition) is 2. The predicted octanol–water partition coefficient (Wildman–Crippen LogP) is 5.34. The summed E-state index contributed by atoms with van der Waals surface area (Å²) in [6, 6.07) is 9.11. The van der Waals surface area contributed by atoms with Crippen molar-refractivity contribution >= 4 is 22.5 Å². The second-order valence-electron chi connectivity index (χ2n) is 8.97. The SMILES string of the molecule is CC(C)(C)N1CCC(Oc2ccc(C(=O)Nc3c[nH]c4cc(F)c(F)cc34)cc2)CC1. The average Bonchev–Trinajstić information content (AvgIpc) is 3.10. The maximum absolute atomic E-state index is 13.6. The molecule has 5 nitrogen and oxygen atoms in total. The molecule has 1 fully saturated rings. The fraction of sp³-hybridized carbons (Fsp3) is 0.375. The number of anilines is 1. The predicted molar refractivity (Wildman–Crippen MR) is 118 cm³/mol. The fourth-order valence-corrected chi connectivity index (χ4v) is 3.94. The van der Waals surface area contributed by atoms with Gasteiger partial charge in [-0.05, 0) is 63.9 Å². The van der Waals surface area contributed by atoms with E-state index in [1.54, 1.807) is 24.3 Å². The minimum absolute atomic E-state index is 0.166. The van der Waals surface area contributed by atoms with Crippen LogP contribution in [-0.4, -0.2) is 40.5 Å². The number of aromatic amines is 1. The van der Waals surface area contributed by atoms with Crippen molar-refractivity contribution in [2.75, 3.05) is 18.4 Å². The molecule has 0 bridgehead atoms. The summed E-state index contributed by atoms with van der Waals surface area (Å²) >= 11 is 0. The summed E-state index contributed by atoms with van der Waals surface area (Å²) in [5, 5.41) is 3.15. The van der Waals surface area contributed by atoms with Gasteiger partial charge >= 0.3 is 0 Å². The highest BCUT2D eigenvalue weighted by Gasteiger charge is 2.27. The summed E-state index contributed by atoms with van der Waals surface area (Å²) < 4.78 is 33.0. The average molecular weight is 427 g/mol. The van der Waals surface area contributed by atoms with Gasteiger partial charge in [0.05, 0.1) is 11.2 Å². The van der Waals surface area contributed by atoms with Gasteiger partial charge in [0.2, 0.25) is 0 Å². The highest BCUT2D eigenvalue weighted by Crippen LogP contribution is 2.27. The number of carbonyl (C=O) groups is 1. The molecule has 2 N–H and O–H groups in total. The van der Waals surface area contributed by atoms with Crippen molar-refractivity contribution in [3.8, 4) is 5.75 Å². The molecular weight excluding hydrogens is 400 g/mol. The third kappa shape index (κ3) is 4.71. The van der Waals surface area contributed by atoms with Crippen LogP contribution in [0.5, 0.6) is 5.75 Å². The number of benzene rings is 2. The molecule has 1 aromatic heterocycles. The monoisotopic (exact) mass is 427 g/mol. The van der Waals surface area contributed by atoms with Gasteiger partial charge < -0.3 is 15.0 Å². The summed E-state index contributed by atoms with van der Waals surface area (Å²) in [7, 11) is 0. The number of piperidine rings is 1. The van der Waals surface area contributed by atoms with Gasteiger partial charge in [-0.2, -0.15) is 0 Å². The Hall–Kier alpha value is -2.93.